The molecule has 1 N–H and O–H groups in total. The molecule has 0 aliphatic heterocycles. The summed E-state index contributed by atoms with van der Waals surface area (Å²) in [7, 11) is 0. The van der Waals surface area contributed by atoms with Gasteiger partial charge in [0, 0.05) is 6.61 Å². The highest BCUT2D eigenvalue weighted by atomic mass is 35.6. The topological polar surface area (TPSA) is 37.3 Å². The molecule has 0 aliphatic rings. The van der Waals surface area contributed by atoms with Gasteiger partial charge >= 0.3 is 0 Å². The molecule has 2 nitrogen and oxygen atoms in total. The third-order valence-electron chi connectivity index (χ3n) is 1.90. The molecule has 5 heteroatoms. The number of rotatable bonds is 3. The molecule has 0 atom stereocenters. The summed E-state index contributed by atoms with van der Waals surface area (Å²) in [4.78, 5) is 9.44. The van der Waals surface area contributed by atoms with Crippen molar-refractivity contribution in [1.29, 1.82) is 0 Å². The van der Waals surface area contributed by atoms with Crippen LogP contribution >= 0.6 is 34.8 Å². The van der Waals surface area contributed by atoms with E-state index in [0.717, 1.165) is 0 Å². The number of hydrogen-bond donors (Lipinski definition) is 1. The average Bonchev–Trinajstić information content (AvgIpc) is 2.46. The molecule has 24 heavy (non-hydrogen) atoms. The molecule has 0 spiro atoms. The number of aryl methyl sites for hydroxylation is 1. The van der Waals surface area contributed by atoms with Gasteiger partial charge in [0.25, 0.3) is 0 Å². The minimum absolute atomic E-state index is 0.167. The van der Waals surface area contributed by atoms with Crippen molar-refractivity contribution in [2.45, 2.75) is 71.5 Å². The van der Waals surface area contributed by atoms with Crippen molar-refractivity contribution in [1.82, 2.24) is 0 Å². The van der Waals surface area contributed by atoms with Crippen LogP contribution in [0.5, 0.6) is 0 Å². The first-order chi connectivity index (χ1) is 11.2. The minimum Gasteiger partial charge on any atom is -0.397 e. The van der Waals surface area contributed by atoms with Gasteiger partial charge in [-0.2, -0.15) is 0 Å². The number of benzene rings is 1. The van der Waals surface area contributed by atoms with Gasteiger partial charge in [0.15, 0.2) is 4.30 Å². The van der Waals surface area contributed by atoms with Gasteiger partial charge in [0.1, 0.15) is 5.78 Å². The molecular weight excluding hydrogens is 367 g/mol. The Kier molecular flexibility index (Phi) is 40.1. The highest BCUT2D eigenvalue weighted by Gasteiger charge is 1.79. The van der Waals surface area contributed by atoms with E-state index in [9.17, 15) is 4.79 Å². The van der Waals surface area contributed by atoms with Crippen LogP contribution in [0.4, 0.5) is 0 Å². The number of aliphatic hydroxyl groups excluding tert-OH is 1. The quantitative estimate of drug-likeness (QED) is 0.431. The van der Waals surface area contributed by atoms with Crippen LogP contribution in [0.25, 0.3) is 0 Å². The number of Topliss-reactive ketones (excluding diaryl/α,β-unsaturated/α-hetero) is 1. The molecule has 0 aliphatic carbocycles. The van der Waals surface area contributed by atoms with Crippen molar-refractivity contribution in [2.24, 2.45) is 0 Å². The Hall–Kier alpha value is -0.280. The molecule has 0 bridgehead atoms. The predicted octanol–water partition coefficient (Wildman–Crippen LogP) is 7.16. The van der Waals surface area contributed by atoms with Gasteiger partial charge in [-0.3, -0.25) is 0 Å². The van der Waals surface area contributed by atoms with E-state index >= 15 is 0 Å². The normalized spacial score (nSPS) is 8.12. The molecule has 0 fully saturated rings. The molecule has 0 saturated carbocycles. The maximum atomic E-state index is 9.44. The second-order valence-electron chi connectivity index (χ2n) is 4.83. The lowest BCUT2D eigenvalue weighted by Crippen LogP contribution is -1.69. The van der Waals surface area contributed by atoms with Crippen LogP contribution in [0.3, 0.4) is 0 Å². The van der Waals surface area contributed by atoms with Crippen LogP contribution in [0, 0.1) is 6.92 Å². The van der Waals surface area contributed by atoms with Gasteiger partial charge < -0.3 is 9.90 Å². The smallest absolute Gasteiger partial charge is 0.180 e. The molecular formula is C19H35Cl3O2. The fourth-order valence-corrected chi connectivity index (χ4v) is 1.03. The van der Waals surface area contributed by atoms with Crippen LogP contribution in [0.1, 0.15) is 65.9 Å². The SMILES string of the molecule is CC(C)=O.CCCCCC.CCO.Cc1ccccc1.ClC(Cl)Cl. The minimum atomic E-state index is -0.750. The number of unbranched alkanes of at least 4 members (excludes halogenated alkanes) is 3. The fraction of sp³-hybridized carbons (Fsp3) is 0.632. The number of aliphatic hydroxyl groups is 1. The van der Waals surface area contributed by atoms with Crippen molar-refractivity contribution in [2.75, 3.05) is 6.61 Å². The van der Waals surface area contributed by atoms with E-state index < -0.39 is 4.30 Å². The van der Waals surface area contributed by atoms with Crippen molar-refractivity contribution < 1.29 is 9.90 Å². The first-order valence-electron chi connectivity index (χ1n) is 8.21. The fourth-order valence-electron chi connectivity index (χ4n) is 1.03. The Bertz CT molecular complexity index is 307. The van der Waals surface area contributed by atoms with Crippen LogP contribution in [-0.4, -0.2) is 21.8 Å². The Morgan fingerprint density at radius 2 is 1.21 bits per heavy atom. The monoisotopic (exact) mass is 400 g/mol. The summed E-state index contributed by atoms with van der Waals surface area (Å²) in [5.41, 5.74) is 1.32. The molecule has 1 rings (SSSR count). The predicted molar refractivity (Wildman–Crippen MR) is 111 cm³/mol. The zero-order valence-corrected chi connectivity index (χ0v) is 18.3. The maximum Gasteiger partial charge on any atom is 0.180 e. The van der Waals surface area contributed by atoms with Crippen LogP contribution in [0.15, 0.2) is 30.3 Å². The van der Waals surface area contributed by atoms with Crippen LogP contribution < -0.4 is 0 Å². The Labute approximate surface area is 164 Å². The van der Waals surface area contributed by atoms with E-state index in [2.05, 4.69) is 32.9 Å². The summed E-state index contributed by atoms with van der Waals surface area (Å²) < 4.78 is -0.750. The van der Waals surface area contributed by atoms with E-state index in [-0.39, 0.29) is 12.4 Å². The molecule has 0 radical (unpaired) electrons. The highest BCUT2D eigenvalue weighted by molar-refractivity contribution is 6.63. The lowest BCUT2D eigenvalue weighted by atomic mass is 10.2. The van der Waals surface area contributed by atoms with E-state index in [1.807, 2.05) is 18.2 Å². The second-order valence-corrected chi connectivity index (χ2v) is 6.81. The van der Waals surface area contributed by atoms with Gasteiger partial charge in [-0.15, -0.1) is 0 Å². The van der Waals surface area contributed by atoms with Crippen molar-refractivity contribution in [3.8, 4) is 0 Å². The first kappa shape index (κ1) is 31.5. The largest absolute Gasteiger partial charge is 0.397 e. The number of hydrogen-bond acceptors (Lipinski definition) is 2. The van der Waals surface area contributed by atoms with Gasteiger partial charge in [0.05, 0.1) is 0 Å². The molecule has 0 unspecified atom stereocenters. The first-order valence-corrected chi connectivity index (χ1v) is 9.52. The van der Waals surface area contributed by atoms with Gasteiger partial charge in [-0.1, -0.05) is 110 Å². The lowest BCUT2D eigenvalue weighted by Gasteiger charge is -1.86. The summed E-state index contributed by atoms with van der Waals surface area (Å²) >= 11 is 14.4. The number of carbonyl (C=O) groups excluding carboxylic acids is 1. The molecule has 144 valence electrons. The molecule has 0 saturated heterocycles. The van der Waals surface area contributed by atoms with Crippen LogP contribution in [0.2, 0.25) is 0 Å². The number of halogens is 3. The molecule has 0 amide bonds. The lowest BCUT2D eigenvalue weighted by molar-refractivity contribution is -0.114. The molecule has 0 heterocycles. The molecule has 1 aromatic rings. The van der Waals surface area contributed by atoms with Crippen molar-refractivity contribution in [3.63, 3.8) is 0 Å². The standard InChI is InChI=1S/C7H8.C6H14.C3H6O.C2H6O.CHCl3/c1-7-5-3-2-4-6-7;1-3-5-6-4-2;1-3(2)4;1-2-3;2-1(3)4/h2-6H,1H3;3-6H2,1-2H3;1-2H3;3H,2H2,1H3;1H. The average molecular weight is 402 g/mol. The highest BCUT2D eigenvalue weighted by Crippen LogP contribution is 2.03. The van der Waals surface area contributed by atoms with Gasteiger partial charge in [-0.05, 0) is 27.7 Å². The third-order valence-corrected chi connectivity index (χ3v) is 1.90. The van der Waals surface area contributed by atoms with E-state index in [4.69, 9.17) is 39.9 Å². The Balaban J connectivity index is -0.000000108. The van der Waals surface area contributed by atoms with Crippen LogP contribution in [-0.2, 0) is 4.79 Å². The Morgan fingerprint density at radius 1 is 0.958 bits per heavy atom. The third kappa shape index (κ3) is 81.1. The summed E-state index contributed by atoms with van der Waals surface area (Å²) in [6.45, 7) is 11.5. The number of ketones is 1. The number of carbonyl (C=O) groups is 1. The number of alkyl halides is 3. The maximum absolute atomic E-state index is 9.44. The van der Waals surface area contributed by atoms with Gasteiger partial charge in [0.2, 0.25) is 0 Å². The van der Waals surface area contributed by atoms with E-state index in [1.165, 1.54) is 45.1 Å². The van der Waals surface area contributed by atoms with Gasteiger partial charge in [-0.25, -0.2) is 0 Å². The second kappa shape index (κ2) is 30.6. The molecule has 0 aromatic heterocycles. The van der Waals surface area contributed by atoms with Crippen molar-refractivity contribution >= 4 is 40.6 Å². The van der Waals surface area contributed by atoms with E-state index in [1.54, 1.807) is 6.92 Å². The van der Waals surface area contributed by atoms with E-state index in [0.29, 0.717) is 0 Å². The Morgan fingerprint density at radius 3 is 1.33 bits per heavy atom. The molecule has 1 aromatic carbocycles. The summed E-state index contributed by atoms with van der Waals surface area (Å²) in [6, 6.07) is 10.3. The summed E-state index contributed by atoms with van der Waals surface area (Å²) in [5, 5.41) is 7.57. The zero-order valence-electron chi connectivity index (χ0n) is 16.0. The zero-order chi connectivity index (χ0) is 19.8. The summed E-state index contributed by atoms with van der Waals surface area (Å²) in [5.74, 6) is 0.167. The summed E-state index contributed by atoms with van der Waals surface area (Å²) in [6.07, 6.45) is 5.54. The van der Waals surface area contributed by atoms with Crippen molar-refractivity contribution in [3.05, 3.63) is 35.9 Å².